The van der Waals surface area contributed by atoms with Gasteiger partial charge in [0.15, 0.2) is 0 Å². The Hall–Kier alpha value is -3.54. The van der Waals surface area contributed by atoms with Gasteiger partial charge in [0.1, 0.15) is 5.69 Å². The molecule has 2 heterocycles. The van der Waals surface area contributed by atoms with Gasteiger partial charge in [-0.3, -0.25) is 14.5 Å². The predicted octanol–water partition coefficient (Wildman–Crippen LogP) is 2.80. The molecule has 0 aliphatic carbocycles. The highest BCUT2D eigenvalue weighted by Crippen LogP contribution is 2.09. The minimum absolute atomic E-state index is 0.233. The molecular formula is C20H17N5O. The van der Waals surface area contributed by atoms with Gasteiger partial charge < -0.3 is 5.32 Å². The average Bonchev–Trinajstić information content (AvgIpc) is 3.20. The number of hydrogen-bond donors (Lipinski definition) is 1. The molecule has 0 saturated heterocycles. The van der Waals surface area contributed by atoms with E-state index in [1.165, 1.54) is 6.20 Å². The van der Waals surface area contributed by atoms with Crippen molar-refractivity contribution in [1.29, 1.82) is 0 Å². The Kier molecular flexibility index (Phi) is 4.38. The summed E-state index contributed by atoms with van der Waals surface area (Å²) in [5.74, 6) is -0.233. The maximum absolute atomic E-state index is 12.3. The largest absolute Gasteiger partial charge is 0.347 e. The Morgan fingerprint density at radius 1 is 0.962 bits per heavy atom. The predicted molar refractivity (Wildman–Crippen MR) is 98.5 cm³/mol. The highest BCUT2D eigenvalue weighted by atomic mass is 16.1. The molecule has 6 nitrogen and oxygen atoms in total. The molecule has 0 aliphatic rings. The van der Waals surface area contributed by atoms with E-state index in [2.05, 4.69) is 20.4 Å². The van der Waals surface area contributed by atoms with Gasteiger partial charge in [0.2, 0.25) is 0 Å². The van der Waals surface area contributed by atoms with Gasteiger partial charge in [0.25, 0.3) is 5.91 Å². The van der Waals surface area contributed by atoms with Crippen LogP contribution >= 0.6 is 0 Å². The van der Waals surface area contributed by atoms with Crippen LogP contribution in [0.1, 0.15) is 21.6 Å². The molecule has 2 aromatic heterocycles. The third-order valence-corrected chi connectivity index (χ3v) is 4.06. The van der Waals surface area contributed by atoms with Crippen LogP contribution in [0.2, 0.25) is 0 Å². The van der Waals surface area contributed by atoms with E-state index in [1.54, 1.807) is 6.20 Å². The van der Waals surface area contributed by atoms with E-state index >= 15 is 0 Å². The fourth-order valence-electron chi connectivity index (χ4n) is 2.68. The molecule has 0 saturated carbocycles. The summed E-state index contributed by atoms with van der Waals surface area (Å²) in [4.78, 5) is 20.9. The average molecular weight is 343 g/mol. The minimum Gasteiger partial charge on any atom is -0.347 e. The van der Waals surface area contributed by atoms with Gasteiger partial charge in [-0.25, -0.2) is 4.98 Å². The summed E-state index contributed by atoms with van der Waals surface area (Å²) in [5, 5.41) is 7.08. The second kappa shape index (κ2) is 7.14. The molecule has 26 heavy (non-hydrogen) atoms. The zero-order chi connectivity index (χ0) is 17.8. The molecule has 0 aliphatic heterocycles. The van der Waals surface area contributed by atoms with E-state index in [9.17, 15) is 4.79 Å². The second-order valence-corrected chi connectivity index (χ2v) is 5.95. The molecule has 4 rings (SSSR count). The molecule has 0 spiro atoms. The zero-order valence-corrected chi connectivity index (χ0v) is 14.0. The van der Waals surface area contributed by atoms with Crippen molar-refractivity contribution in [3.63, 3.8) is 0 Å². The van der Waals surface area contributed by atoms with Crippen LogP contribution in [0, 0.1) is 0 Å². The zero-order valence-electron chi connectivity index (χ0n) is 14.0. The Labute approximate surface area is 150 Å². The highest BCUT2D eigenvalue weighted by molar-refractivity contribution is 5.93. The number of hydrogen-bond acceptors (Lipinski definition) is 4. The molecule has 0 unspecified atom stereocenters. The lowest BCUT2D eigenvalue weighted by molar-refractivity contribution is 0.0946. The van der Waals surface area contributed by atoms with Gasteiger partial charge in [0.05, 0.1) is 23.8 Å². The van der Waals surface area contributed by atoms with E-state index in [0.29, 0.717) is 17.8 Å². The lowest BCUT2D eigenvalue weighted by Gasteiger charge is -2.07. The number of para-hydroxylation sites is 2. The van der Waals surface area contributed by atoms with Crippen LogP contribution in [0.4, 0.5) is 0 Å². The topological polar surface area (TPSA) is 72.7 Å². The maximum Gasteiger partial charge on any atom is 0.271 e. The Morgan fingerprint density at radius 2 is 1.73 bits per heavy atom. The van der Waals surface area contributed by atoms with Gasteiger partial charge in [-0.15, -0.1) is 0 Å². The number of benzene rings is 2. The minimum atomic E-state index is -0.233. The Morgan fingerprint density at radius 3 is 2.50 bits per heavy atom. The normalized spacial score (nSPS) is 10.8. The lowest BCUT2D eigenvalue weighted by atomic mass is 10.1. The molecular weight excluding hydrogens is 326 g/mol. The fraction of sp³-hybridized carbons (Fsp3) is 0.100. The van der Waals surface area contributed by atoms with Crippen molar-refractivity contribution in [2.75, 3.05) is 0 Å². The first-order valence-electron chi connectivity index (χ1n) is 8.33. The fourth-order valence-corrected chi connectivity index (χ4v) is 2.68. The van der Waals surface area contributed by atoms with E-state index < -0.39 is 0 Å². The maximum atomic E-state index is 12.3. The summed E-state index contributed by atoms with van der Waals surface area (Å²) < 4.78 is 1.87. The molecule has 6 heteroatoms. The third-order valence-electron chi connectivity index (χ3n) is 4.06. The van der Waals surface area contributed by atoms with Crippen molar-refractivity contribution < 1.29 is 4.79 Å². The number of amides is 1. The van der Waals surface area contributed by atoms with Gasteiger partial charge in [0, 0.05) is 18.9 Å². The van der Waals surface area contributed by atoms with Crippen molar-refractivity contribution in [2.24, 2.45) is 0 Å². The van der Waals surface area contributed by atoms with Crippen LogP contribution in [-0.2, 0) is 13.1 Å². The standard InChI is InChI=1S/C20H17N5O/c26-20(19-13-21-17-4-1-2-5-18(17)24-19)22-12-15-6-8-16(9-7-15)14-25-11-3-10-23-25/h1-11,13H,12,14H2,(H,22,26). The molecule has 0 atom stereocenters. The quantitative estimate of drug-likeness (QED) is 0.605. The Bertz CT molecular complexity index is 1030. The summed E-state index contributed by atoms with van der Waals surface area (Å²) in [6, 6.07) is 17.5. The van der Waals surface area contributed by atoms with Crippen LogP contribution in [0.5, 0.6) is 0 Å². The van der Waals surface area contributed by atoms with Gasteiger partial charge in [-0.05, 0) is 29.3 Å². The first-order chi connectivity index (χ1) is 12.8. The van der Waals surface area contributed by atoms with Crippen molar-refractivity contribution >= 4 is 16.9 Å². The molecule has 128 valence electrons. The molecule has 0 fully saturated rings. The number of aromatic nitrogens is 4. The summed E-state index contributed by atoms with van der Waals surface area (Å²) in [7, 11) is 0. The highest BCUT2D eigenvalue weighted by Gasteiger charge is 2.08. The third kappa shape index (κ3) is 3.59. The van der Waals surface area contributed by atoms with E-state index in [4.69, 9.17) is 0 Å². The van der Waals surface area contributed by atoms with Gasteiger partial charge in [-0.2, -0.15) is 5.10 Å². The van der Waals surface area contributed by atoms with Gasteiger partial charge >= 0.3 is 0 Å². The van der Waals surface area contributed by atoms with Crippen molar-refractivity contribution in [1.82, 2.24) is 25.1 Å². The summed E-state index contributed by atoms with van der Waals surface area (Å²) in [5.41, 5.74) is 3.99. The molecule has 1 amide bonds. The SMILES string of the molecule is O=C(NCc1ccc(Cn2cccn2)cc1)c1cnc2ccccc2n1. The molecule has 2 aromatic carbocycles. The van der Waals surface area contributed by atoms with E-state index in [-0.39, 0.29) is 5.91 Å². The number of nitrogens with zero attached hydrogens (tertiary/aromatic N) is 4. The molecule has 1 N–H and O–H groups in total. The summed E-state index contributed by atoms with van der Waals surface area (Å²) in [6.07, 6.45) is 5.20. The van der Waals surface area contributed by atoms with Crippen LogP contribution in [0.25, 0.3) is 11.0 Å². The van der Waals surface area contributed by atoms with Crippen molar-refractivity contribution in [2.45, 2.75) is 13.1 Å². The van der Waals surface area contributed by atoms with Crippen molar-refractivity contribution in [3.05, 3.63) is 90.0 Å². The number of nitrogens with one attached hydrogen (secondary N) is 1. The van der Waals surface area contributed by atoms with E-state index in [1.807, 2.05) is 65.5 Å². The smallest absolute Gasteiger partial charge is 0.271 e. The molecule has 0 bridgehead atoms. The number of rotatable bonds is 5. The number of carbonyl (C=O) groups excluding carboxylic acids is 1. The monoisotopic (exact) mass is 343 g/mol. The Balaban J connectivity index is 1.38. The van der Waals surface area contributed by atoms with Gasteiger partial charge in [-0.1, -0.05) is 36.4 Å². The first kappa shape index (κ1) is 16.0. The summed E-state index contributed by atoms with van der Waals surface area (Å²) in [6.45, 7) is 1.17. The number of carbonyl (C=O) groups is 1. The first-order valence-corrected chi connectivity index (χ1v) is 8.33. The van der Waals surface area contributed by atoms with E-state index in [0.717, 1.165) is 23.2 Å². The lowest BCUT2D eigenvalue weighted by Crippen LogP contribution is -2.24. The molecule has 4 aromatic rings. The van der Waals surface area contributed by atoms with Crippen LogP contribution < -0.4 is 5.32 Å². The van der Waals surface area contributed by atoms with Crippen LogP contribution in [-0.4, -0.2) is 25.7 Å². The van der Waals surface area contributed by atoms with Crippen LogP contribution in [0.3, 0.4) is 0 Å². The summed E-state index contributed by atoms with van der Waals surface area (Å²) >= 11 is 0. The number of fused-ring (bicyclic) bond motifs is 1. The second-order valence-electron chi connectivity index (χ2n) is 5.95. The molecule has 0 radical (unpaired) electrons. The van der Waals surface area contributed by atoms with Crippen molar-refractivity contribution in [3.8, 4) is 0 Å². The van der Waals surface area contributed by atoms with Crippen LogP contribution in [0.15, 0.2) is 73.2 Å².